The van der Waals surface area contributed by atoms with E-state index in [1.165, 1.54) is 19.3 Å². The lowest BCUT2D eigenvalue weighted by atomic mass is 9.85. The number of nitrogens with one attached hydrogen (secondary N) is 1. The van der Waals surface area contributed by atoms with Crippen molar-refractivity contribution in [3.05, 3.63) is 48.0 Å². The lowest BCUT2D eigenvalue weighted by molar-refractivity contribution is -0.140. The molecule has 1 aliphatic rings. The molecule has 0 saturated heterocycles. The molecule has 3 nitrogen and oxygen atoms in total. The van der Waals surface area contributed by atoms with Gasteiger partial charge in [0, 0.05) is 6.04 Å². The molecule has 0 aromatic heterocycles. The highest BCUT2D eigenvalue weighted by Gasteiger charge is 2.28. The molecule has 0 bridgehead atoms. The second kappa shape index (κ2) is 6.49. The summed E-state index contributed by atoms with van der Waals surface area (Å²) in [5.41, 5.74) is 0.864. The van der Waals surface area contributed by atoms with Gasteiger partial charge in [-0.3, -0.25) is 10.1 Å². The van der Waals surface area contributed by atoms with Crippen LogP contribution in [0.5, 0.6) is 0 Å². The second-order valence-electron chi connectivity index (χ2n) is 6.37. The van der Waals surface area contributed by atoms with Crippen molar-refractivity contribution in [1.82, 2.24) is 5.32 Å². The van der Waals surface area contributed by atoms with Gasteiger partial charge in [0.15, 0.2) is 0 Å². The third kappa shape index (κ3) is 3.00. The average molecular weight is 297 g/mol. The molecule has 2 N–H and O–H groups in total. The number of hydrogen-bond acceptors (Lipinski definition) is 2. The molecule has 2 aromatic rings. The molecule has 2 aromatic carbocycles. The van der Waals surface area contributed by atoms with Gasteiger partial charge in [-0.05, 0) is 35.1 Å². The summed E-state index contributed by atoms with van der Waals surface area (Å²) < 4.78 is 0. The van der Waals surface area contributed by atoms with Gasteiger partial charge in [0.1, 0.15) is 6.04 Å². The lowest BCUT2D eigenvalue weighted by Gasteiger charge is -2.32. The van der Waals surface area contributed by atoms with Crippen molar-refractivity contribution in [2.24, 2.45) is 5.92 Å². The standard InChI is InChI=1S/C19H23NO2/c1-13-7-2-5-12-17(13)20-18(19(21)22)16-11-6-9-14-8-3-4-10-15(14)16/h3-4,6,8-11,13,17-18,20H,2,5,7,12H2,1H3,(H,21,22). The molecule has 3 heteroatoms. The summed E-state index contributed by atoms with van der Waals surface area (Å²) in [5, 5.41) is 15.3. The molecule has 3 rings (SSSR count). The first-order chi connectivity index (χ1) is 10.7. The van der Waals surface area contributed by atoms with E-state index in [-0.39, 0.29) is 6.04 Å². The first kappa shape index (κ1) is 15.0. The quantitative estimate of drug-likeness (QED) is 0.892. The van der Waals surface area contributed by atoms with Gasteiger partial charge in [0.2, 0.25) is 0 Å². The number of fused-ring (bicyclic) bond motifs is 1. The Kier molecular flexibility index (Phi) is 4.44. The minimum atomic E-state index is -0.797. The van der Waals surface area contributed by atoms with E-state index >= 15 is 0 Å². The van der Waals surface area contributed by atoms with E-state index < -0.39 is 12.0 Å². The van der Waals surface area contributed by atoms with Crippen molar-refractivity contribution in [2.75, 3.05) is 0 Å². The number of carboxylic acid groups (broad SMARTS) is 1. The largest absolute Gasteiger partial charge is 0.480 e. The Morgan fingerprint density at radius 3 is 2.64 bits per heavy atom. The normalized spacial score (nSPS) is 23.3. The highest BCUT2D eigenvalue weighted by Crippen LogP contribution is 2.29. The lowest BCUT2D eigenvalue weighted by Crippen LogP contribution is -2.42. The summed E-state index contributed by atoms with van der Waals surface area (Å²) in [6.45, 7) is 2.22. The number of carbonyl (C=O) groups is 1. The average Bonchev–Trinajstić information content (AvgIpc) is 2.53. The number of aliphatic carboxylic acids is 1. The van der Waals surface area contributed by atoms with E-state index in [4.69, 9.17) is 0 Å². The van der Waals surface area contributed by atoms with Crippen molar-refractivity contribution < 1.29 is 9.90 Å². The minimum Gasteiger partial charge on any atom is -0.480 e. The minimum absolute atomic E-state index is 0.286. The maximum absolute atomic E-state index is 11.9. The van der Waals surface area contributed by atoms with E-state index in [0.717, 1.165) is 22.8 Å². The van der Waals surface area contributed by atoms with Crippen LogP contribution in [0.25, 0.3) is 10.8 Å². The summed E-state index contributed by atoms with van der Waals surface area (Å²) >= 11 is 0. The van der Waals surface area contributed by atoms with Gasteiger partial charge < -0.3 is 5.11 Å². The first-order valence-electron chi connectivity index (χ1n) is 8.13. The van der Waals surface area contributed by atoms with Crippen LogP contribution >= 0.6 is 0 Å². The number of benzene rings is 2. The SMILES string of the molecule is CC1CCCCC1NC(C(=O)O)c1cccc2ccccc12. The molecule has 0 amide bonds. The fraction of sp³-hybridized carbons (Fsp3) is 0.421. The molecular weight excluding hydrogens is 274 g/mol. The third-order valence-corrected chi connectivity index (χ3v) is 4.87. The predicted molar refractivity (Wildman–Crippen MR) is 88.9 cm³/mol. The second-order valence-corrected chi connectivity index (χ2v) is 6.37. The molecule has 3 unspecified atom stereocenters. The summed E-state index contributed by atoms with van der Waals surface area (Å²) in [5.74, 6) is -0.264. The Balaban J connectivity index is 1.94. The van der Waals surface area contributed by atoms with Crippen LogP contribution in [0.3, 0.4) is 0 Å². The van der Waals surface area contributed by atoms with Crippen LogP contribution in [0.1, 0.15) is 44.2 Å². The number of rotatable bonds is 4. The van der Waals surface area contributed by atoms with Crippen molar-refractivity contribution in [3.8, 4) is 0 Å². The van der Waals surface area contributed by atoms with Gasteiger partial charge in [-0.15, -0.1) is 0 Å². The van der Waals surface area contributed by atoms with Crippen molar-refractivity contribution >= 4 is 16.7 Å². The first-order valence-corrected chi connectivity index (χ1v) is 8.13. The van der Waals surface area contributed by atoms with Gasteiger partial charge >= 0.3 is 5.97 Å². The smallest absolute Gasteiger partial charge is 0.325 e. The molecule has 1 fully saturated rings. The van der Waals surface area contributed by atoms with Gasteiger partial charge in [-0.1, -0.05) is 62.2 Å². The van der Waals surface area contributed by atoms with Crippen molar-refractivity contribution in [1.29, 1.82) is 0 Å². The molecule has 0 aliphatic heterocycles. The fourth-order valence-corrected chi connectivity index (χ4v) is 3.57. The molecule has 0 heterocycles. The van der Waals surface area contributed by atoms with Gasteiger partial charge in [0.05, 0.1) is 0 Å². The number of carboxylic acids is 1. The molecule has 116 valence electrons. The summed E-state index contributed by atoms with van der Waals surface area (Å²) in [4.78, 5) is 11.9. The van der Waals surface area contributed by atoms with Crippen LogP contribution in [-0.4, -0.2) is 17.1 Å². The van der Waals surface area contributed by atoms with Gasteiger partial charge in [-0.2, -0.15) is 0 Å². The molecule has 22 heavy (non-hydrogen) atoms. The maximum Gasteiger partial charge on any atom is 0.325 e. The van der Waals surface area contributed by atoms with Crippen molar-refractivity contribution in [2.45, 2.75) is 44.7 Å². The summed E-state index contributed by atoms with van der Waals surface area (Å²) in [6, 6.07) is 13.5. The molecular formula is C19H23NO2. The number of hydrogen-bond donors (Lipinski definition) is 2. The molecule has 1 saturated carbocycles. The van der Waals surface area contributed by atoms with E-state index in [0.29, 0.717) is 5.92 Å². The Bertz CT molecular complexity index is 662. The van der Waals surface area contributed by atoms with E-state index in [9.17, 15) is 9.90 Å². The van der Waals surface area contributed by atoms with Crippen molar-refractivity contribution in [3.63, 3.8) is 0 Å². The molecule has 3 atom stereocenters. The van der Waals surface area contributed by atoms with Crippen LogP contribution < -0.4 is 5.32 Å². The van der Waals surface area contributed by atoms with E-state index in [1.807, 2.05) is 42.5 Å². The topological polar surface area (TPSA) is 49.3 Å². The van der Waals surface area contributed by atoms with E-state index in [2.05, 4.69) is 12.2 Å². The molecule has 1 aliphatic carbocycles. The van der Waals surface area contributed by atoms with E-state index in [1.54, 1.807) is 0 Å². The van der Waals surface area contributed by atoms with Crippen LogP contribution in [0.4, 0.5) is 0 Å². The summed E-state index contributed by atoms with van der Waals surface area (Å²) in [7, 11) is 0. The zero-order chi connectivity index (χ0) is 15.5. The summed E-state index contributed by atoms with van der Waals surface area (Å²) in [6.07, 6.45) is 4.69. The Morgan fingerprint density at radius 2 is 1.86 bits per heavy atom. The molecule has 0 spiro atoms. The highest BCUT2D eigenvalue weighted by atomic mass is 16.4. The monoisotopic (exact) mass is 297 g/mol. The van der Waals surface area contributed by atoms with Crippen LogP contribution in [0.15, 0.2) is 42.5 Å². The predicted octanol–water partition coefficient (Wildman–Crippen LogP) is 4.13. The van der Waals surface area contributed by atoms with Crippen LogP contribution in [-0.2, 0) is 4.79 Å². The highest BCUT2D eigenvalue weighted by molar-refractivity contribution is 5.90. The fourth-order valence-electron chi connectivity index (χ4n) is 3.57. The Morgan fingerprint density at radius 1 is 1.14 bits per heavy atom. The van der Waals surface area contributed by atoms with Gasteiger partial charge in [0.25, 0.3) is 0 Å². The Labute approximate surface area is 131 Å². The molecule has 0 radical (unpaired) electrons. The Hall–Kier alpha value is -1.87. The van der Waals surface area contributed by atoms with Gasteiger partial charge in [-0.25, -0.2) is 0 Å². The zero-order valence-corrected chi connectivity index (χ0v) is 13.0. The zero-order valence-electron chi connectivity index (χ0n) is 13.0. The third-order valence-electron chi connectivity index (χ3n) is 4.87. The maximum atomic E-state index is 11.9. The van der Waals surface area contributed by atoms with Crippen LogP contribution in [0.2, 0.25) is 0 Å². The van der Waals surface area contributed by atoms with Crippen LogP contribution in [0, 0.1) is 5.92 Å².